The van der Waals surface area contributed by atoms with Crippen molar-refractivity contribution in [2.75, 3.05) is 12.8 Å². The lowest BCUT2D eigenvalue weighted by Gasteiger charge is -2.09. The lowest BCUT2D eigenvalue weighted by molar-refractivity contribution is 0.394. The van der Waals surface area contributed by atoms with E-state index in [1.54, 1.807) is 36.0 Å². The van der Waals surface area contributed by atoms with Gasteiger partial charge in [0.25, 0.3) is 0 Å². The van der Waals surface area contributed by atoms with Crippen LogP contribution in [0, 0.1) is 0 Å². The number of nitrogens with two attached hydrogens (primary N) is 1. The van der Waals surface area contributed by atoms with Gasteiger partial charge in [-0.1, -0.05) is 12.1 Å². The van der Waals surface area contributed by atoms with Crippen molar-refractivity contribution in [1.82, 2.24) is 9.78 Å². The number of benzene rings is 1. The molecule has 0 aliphatic rings. The van der Waals surface area contributed by atoms with Crippen molar-refractivity contribution in [3.63, 3.8) is 0 Å². The van der Waals surface area contributed by atoms with E-state index >= 15 is 0 Å². The Labute approximate surface area is 98.8 Å². The minimum atomic E-state index is -0.601. The number of alkyl halides is 1. The number of aryl methyl sites for hydroxylation is 1. The Balaban J connectivity index is 2.58. The van der Waals surface area contributed by atoms with E-state index in [9.17, 15) is 4.39 Å². The van der Waals surface area contributed by atoms with E-state index in [1.807, 2.05) is 0 Å². The standard InChI is InChI=1S/C12H14FN3O/c1-16-12(14)6-10(15-16)8-4-3-5-11(17-2)9(8)7-13/h3-6H,7,14H2,1-2H3. The zero-order chi connectivity index (χ0) is 12.4. The van der Waals surface area contributed by atoms with Gasteiger partial charge in [-0.05, 0) is 6.07 Å². The smallest absolute Gasteiger partial charge is 0.125 e. The molecule has 0 radical (unpaired) electrons. The van der Waals surface area contributed by atoms with Gasteiger partial charge in [0.1, 0.15) is 18.2 Å². The van der Waals surface area contributed by atoms with Crippen LogP contribution in [0.1, 0.15) is 5.56 Å². The van der Waals surface area contributed by atoms with Crippen LogP contribution in [0.3, 0.4) is 0 Å². The molecule has 0 unspecified atom stereocenters. The van der Waals surface area contributed by atoms with Gasteiger partial charge in [0.05, 0.1) is 12.8 Å². The molecule has 0 aliphatic carbocycles. The van der Waals surface area contributed by atoms with E-state index in [-0.39, 0.29) is 0 Å². The molecule has 90 valence electrons. The molecule has 5 heteroatoms. The zero-order valence-corrected chi connectivity index (χ0v) is 9.77. The number of hydrogen-bond acceptors (Lipinski definition) is 3. The molecule has 0 aliphatic heterocycles. The van der Waals surface area contributed by atoms with Gasteiger partial charge in [0.15, 0.2) is 0 Å². The molecule has 0 spiro atoms. The topological polar surface area (TPSA) is 53.1 Å². The van der Waals surface area contributed by atoms with Crippen molar-refractivity contribution in [2.24, 2.45) is 7.05 Å². The number of methoxy groups -OCH3 is 1. The first-order valence-electron chi connectivity index (χ1n) is 5.19. The van der Waals surface area contributed by atoms with E-state index in [4.69, 9.17) is 10.5 Å². The first kappa shape index (κ1) is 11.4. The molecule has 2 N–H and O–H groups in total. The molecule has 2 rings (SSSR count). The Kier molecular flexibility index (Phi) is 2.99. The van der Waals surface area contributed by atoms with Crippen molar-refractivity contribution in [2.45, 2.75) is 6.67 Å². The normalized spacial score (nSPS) is 10.5. The summed E-state index contributed by atoms with van der Waals surface area (Å²) in [4.78, 5) is 0. The lowest BCUT2D eigenvalue weighted by Crippen LogP contribution is -1.97. The monoisotopic (exact) mass is 235 g/mol. The third kappa shape index (κ3) is 1.95. The maximum atomic E-state index is 13.1. The Morgan fingerprint density at radius 3 is 2.76 bits per heavy atom. The molecule has 0 saturated heterocycles. The van der Waals surface area contributed by atoms with Crippen LogP contribution < -0.4 is 10.5 Å². The first-order valence-corrected chi connectivity index (χ1v) is 5.19. The summed E-state index contributed by atoms with van der Waals surface area (Å²) in [6.07, 6.45) is 0. The summed E-state index contributed by atoms with van der Waals surface area (Å²) in [6, 6.07) is 7.05. The number of halogens is 1. The molecule has 0 fully saturated rings. The largest absolute Gasteiger partial charge is 0.496 e. The maximum absolute atomic E-state index is 13.1. The van der Waals surface area contributed by atoms with E-state index in [0.717, 1.165) is 0 Å². The highest BCUT2D eigenvalue weighted by Gasteiger charge is 2.13. The average Bonchev–Trinajstić information content (AvgIpc) is 2.68. The molecule has 1 aromatic heterocycles. The number of ether oxygens (including phenoxy) is 1. The van der Waals surface area contributed by atoms with Gasteiger partial charge < -0.3 is 10.5 Å². The summed E-state index contributed by atoms with van der Waals surface area (Å²) in [6.45, 7) is -0.601. The molecule has 0 atom stereocenters. The fourth-order valence-electron chi connectivity index (χ4n) is 1.75. The molecule has 17 heavy (non-hydrogen) atoms. The second-order valence-corrected chi connectivity index (χ2v) is 3.70. The number of anilines is 1. The van der Waals surface area contributed by atoms with Crippen molar-refractivity contribution < 1.29 is 9.13 Å². The van der Waals surface area contributed by atoms with Crippen LogP contribution >= 0.6 is 0 Å². The minimum absolute atomic E-state index is 0.494. The number of hydrogen-bond donors (Lipinski definition) is 1. The second-order valence-electron chi connectivity index (χ2n) is 3.70. The first-order chi connectivity index (χ1) is 8.17. The molecule has 1 aromatic carbocycles. The Bertz CT molecular complexity index is 517. The summed E-state index contributed by atoms with van der Waals surface area (Å²) < 4.78 is 19.8. The molecule has 0 bridgehead atoms. The van der Waals surface area contributed by atoms with E-state index in [1.165, 1.54) is 7.11 Å². The molecular weight excluding hydrogens is 221 g/mol. The van der Waals surface area contributed by atoms with E-state index < -0.39 is 6.67 Å². The molecule has 0 saturated carbocycles. The SMILES string of the molecule is COc1cccc(-c2cc(N)n(C)n2)c1CF. The number of nitrogens with zero attached hydrogens (tertiary/aromatic N) is 2. The fourth-order valence-corrected chi connectivity index (χ4v) is 1.75. The van der Waals surface area contributed by atoms with Crippen LogP contribution in [-0.4, -0.2) is 16.9 Å². The minimum Gasteiger partial charge on any atom is -0.496 e. The summed E-state index contributed by atoms with van der Waals surface area (Å²) in [5.41, 5.74) is 7.57. The number of nitrogen functional groups attached to an aromatic ring is 1. The zero-order valence-electron chi connectivity index (χ0n) is 9.77. The number of aromatic nitrogens is 2. The van der Waals surface area contributed by atoms with E-state index in [0.29, 0.717) is 28.4 Å². The van der Waals surface area contributed by atoms with Gasteiger partial charge in [0.2, 0.25) is 0 Å². The number of rotatable bonds is 3. The van der Waals surface area contributed by atoms with Crippen LogP contribution in [-0.2, 0) is 13.7 Å². The average molecular weight is 235 g/mol. The predicted molar refractivity (Wildman–Crippen MR) is 64.4 cm³/mol. The van der Waals surface area contributed by atoms with Gasteiger partial charge in [0, 0.05) is 24.2 Å². The van der Waals surface area contributed by atoms with Crippen molar-refractivity contribution >= 4 is 5.82 Å². The Morgan fingerprint density at radius 2 is 2.24 bits per heavy atom. The van der Waals surface area contributed by atoms with Crippen LogP contribution in [0.4, 0.5) is 10.2 Å². The van der Waals surface area contributed by atoms with Crippen LogP contribution in [0.2, 0.25) is 0 Å². The van der Waals surface area contributed by atoms with Crippen molar-refractivity contribution in [3.05, 3.63) is 29.8 Å². The van der Waals surface area contributed by atoms with Crippen molar-refractivity contribution in [1.29, 1.82) is 0 Å². The highest BCUT2D eigenvalue weighted by Crippen LogP contribution is 2.31. The third-order valence-electron chi connectivity index (χ3n) is 2.68. The Hall–Kier alpha value is -2.04. The second kappa shape index (κ2) is 4.45. The summed E-state index contributed by atoms with van der Waals surface area (Å²) in [7, 11) is 3.26. The molecule has 1 heterocycles. The fraction of sp³-hybridized carbons (Fsp3) is 0.250. The molecule has 2 aromatic rings. The summed E-state index contributed by atoms with van der Waals surface area (Å²) in [5.74, 6) is 1.06. The van der Waals surface area contributed by atoms with Crippen LogP contribution in [0.15, 0.2) is 24.3 Å². The predicted octanol–water partition coefficient (Wildman–Crippen LogP) is 2.15. The van der Waals surface area contributed by atoms with Crippen LogP contribution in [0.5, 0.6) is 5.75 Å². The summed E-state index contributed by atoms with van der Waals surface area (Å²) in [5, 5.41) is 4.23. The lowest BCUT2D eigenvalue weighted by atomic mass is 10.0. The maximum Gasteiger partial charge on any atom is 0.125 e. The van der Waals surface area contributed by atoms with Gasteiger partial charge in [-0.15, -0.1) is 0 Å². The highest BCUT2D eigenvalue weighted by atomic mass is 19.1. The van der Waals surface area contributed by atoms with E-state index in [2.05, 4.69) is 5.10 Å². The molecule has 4 nitrogen and oxygen atoms in total. The highest BCUT2D eigenvalue weighted by molar-refractivity contribution is 5.68. The van der Waals surface area contributed by atoms with Gasteiger partial charge in [-0.3, -0.25) is 4.68 Å². The van der Waals surface area contributed by atoms with Crippen LogP contribution in [0.25, 0.3) is 11.3 Å². The quantitative estimate of drug-likeness (QED) is 0.886. The third-order valence-corrected chi connectivity index (χ3v) is 2.68. The van der Waals surface area contributed by atoms with Gasteiger partial charge in [-0.2, -0.15) is 5.10 Å². The Morgan fingerprint density at radius 1 is 1.47 bits per heavy atom. The van der Waals surface area contributed by atoms with Gasteiger partial charge in [-0.25, -0.2) is 4.39 Å². The van der Waals surface area contributed by atoms with Gasteiger partial charge >= 0.3 is 0 Å². The summed E-state index contributed by atoms with van der Waals surface area (Å²) >= 11 is 0. The molecule has 0 amide bonds. The van der Waals surface area contributed by atoms with Crippen molar-refractivity contribution in [3.8, 4) is 17.0 Å². The molecular formula is C12H14FN3O.